The van der Waals surface area contributed by atoms with E-state index in [1.54, 1.807) is 11.6 Å². The molecule has 0 amide bonds. The van der Waals surface area contributed by atoms with Crippen LogP contribution in [0.2, 0.25) is 0 Å². The molecule has 1 saturated carbocycles. The number of ether oxygens (including phenoxy) is 1. The van der Waals surface area contributed by atoms with E-state index in [0.717, 1.165) is 47.8 Å². The molecule has 0 atom stereocenters. The van der Waals surface area contributed by atoms with E-state index in [-0.39, 0.29) is 6.04 Å². The maximum Gasteiger partial charge on any atom is 0.228 e. The van der Waals surface area contributed by atoms with Crippen LogP contribution in [0.4, 0.5) is 5.95 Å². The van der Waals surface area contributed by atoms with E-state index < -0.39 is 5.60 Å². The second-order valence-electron chi connectivity index (χ2n) is 7.88. The molecule has 1 fully saturated rings. The predicted molar refractivity (Wildman–Crippen MR) is 109 cm³/mol. The number of hydrogen-bond donors (Lipinski definition) is 3. The lowest BCUT2D eigenvalue weighted by atomic mass is 9.84. The van der Waals surface area contributed by atoms with Gasteiger partial charge in [0, 0.05) is 29.6 Å². The van der Waals surface area contributed by atoms with E-state index in [0.29, 0.717) is 17.5 Å². The molecule has 3 N–H and O–H groups in total. The molecule has 1 aliphatic carbocycles. The van der Waals surface area contributed by atoms with Crippen molar-refractivity contribution in [3.05, 3.63) is 30.9 Å². The summed E-state index contributed by atoms with van der Waals surface area (Å²) in [6.07, 6.45) is 8.64. The van der Waals surface area contributed by atoms with Gasteiger partial charge in [-0.15, -0.1) is 0 Å². The first kappa shape index (κ1) is 17.9. The fraction of sp³-hybridized carbons (Fsp3) is 0.400. The van der Waals surface area contributed by atoms with Crippen molar-refractivity contribution >= 4 is 22.6 Å². The molecular formula is C20H23N7O2. The molecule has 0 unspecified atom stereocenters. The van der Waals surface area contributed by atoms with E-state index in [9.17, 15) is 5.11 Å². The van der Waals surface area contributed by atoms with Gasteiger partial charge in [0.2, 0.25) is 11.8 Å². The molecule has 0 spiro atoms. The Bertz CT molecular complexity index is 1170. The van der Waals surface area contributed by atoms with Crippen molar-refractivity contribution in [2.24, 2.45) is 0 Å². The van der Waals surface area contributed by atoms with Gasteiger partial charge in [0.15, 0.2) is 5.65 Å². The summed E-state index contributed by atoms with van der Waals surface area (Å²) >= 11 is 0. The number of aromatic nitrogens is 6. The Morgan fingerprint density at radius 1 is 1.28 bits per heavy atom. The third kappa shape index (κ3) is 3.27. The minimum atomic E-state index is -0.569. The zero-order valence-electron chi connectivity index (χ0n) is 16.4. The largest absolute Gasteiger partial charge is 0.480 e. The van der Waals surface area contributed by atoms with Crippen molar-refractivity contribution < 1.29 is 9.84 Å². The number of H-pyrrole nitrogens is 1. The summed E-state index contributed by atoms with van der Waals surface area (Å²) in [5.74, 6) is 1.04. The normalized spacial score (nSPS) is 22.2. The molecule has 0 aliphatic heterocycles. The fourth-order valence-electron chi connectivity index (χ4n) is 3.98. The number of hydrogen-bond acceptors (Lipinski definition) is 7. The van der Waals surface area contributed by atoms with Gasteiger partial charge in [-0.3, -0.25) is 0 Å². The molecule has 0 radical (unpaired) electrons. The molecule has 4 heterocycles. The molecule has 1 aliphatic rings. The first-order valence-corrected chi connectivity index (χ1v) is 9.74. The molecule has 150 valence electrons. The van der Waals surface area contributed by atoms with Gasteiger partial charge in [-0.2, -0.15) is 15.1 Å². The molecule has 9 nitrogen and oxygen atoms in total. The van der Waals surface area contributed by atoms with Crippen LogP contribution in [-0.4, -0.2) is 53.4 Å². The van der Waals surface area contributed by atoms with E-state index >= 15 is 0 Å². The zero-order chi connectivity index (χ0) is 20.0. The topological polar surface area (TPSA) is 113 Å². The standard InChI is InChI=1S/C20H23N7O2/c1-20(28)7-5-13(6-8-20)24-19-25-17-16(18(26-19)29-2)14(9-21-17)12-3-4-15-22-11-23-27(15)10-12/h3-4,9-11,13,28H,5-8H2,1-2H3,(H2,21,24,25,26)/t13-,20+. The Morgan fingerprint density at radius 3 is 2.90 bits per heavy atom. The van der Waals surface area contributed by atoms with Crippen LogP contribution in [0.1, 0.15) is 32.6 Å². The number of nitrogens with one attached hydrogen (secondary N) is 2. The Labute approximate surface area is 167 Å². The van der Waals surface area contributed by atoms with Gasteiger partial charge < -0.3 is 20.1 Å². The lowest BCUT2D eigenvalue weighted by molar-refractivity contribution is 0.0195. The maximum absolute atomic E-state index is 10.2. The molecule has 0 aromatic carbocycles. The van der Waals surface area contributed by atoms with Gasteiger partial charge >= 0.3 is 0 Å². The summed E-state index contributed by atoms with van der Waals surface area (Å²) in [7, 11) is 1.61. The Balaban J connectivity index is 1.49. The summed E-state index contributed by atoms with van der Waals surface area (Å²) in [4.78, 5) is 16.7. The second-order valence-corrected chi connectivity index (χ2v) is 7.88. The Hall–Kier alpha value is -3.20. The number of pyridine rings is 1. The van der Waals surface area contributed by atoms with Gasteiger partial charge in [-0.05, 0) is 44.7 Å². The summed E-state index contributed by atoms with van der Waals surface area (Å²) in [6.45, 7) is 1.89. The van der Waals surface area contributed by atoms with Gasteiger partial charge in [0.05, 0.1) is 18.1 Å². The smallest absolute Gasteiger partial charge is 0.228 e. The highest BCUT2D eigenvalue weighted by molar-refractivity contribution is 5.97. The molecule has 0 bridgehead atoms. The number of anilines is 1. The van der Waals surface area contributed by atoms with E-state index in [4.69, 9.17) is 4.74 Å². The van der Waals surface area contributed by atoms with Crippen molar-refractivity contribution in [1.29, 1.82) is 0 Å². The first-order valence-electron chi connectivity index (χ1n) is 9.74. The van der Waals surface area contributed by atoms with Crippen molar-refractivity contribution in [1.82, 2.24) is 29.5 Å². The average molecular weight is 393 g/mol. The van der Waals surface area contributed by atoms with E-state index in [1.165, 1.54) is 6.33 Å². The van der Waals surface area contributed by atoms with Gasteiger partial charge in [0.1, 0.15) is 12.0 Å². The van der Waals surface area contributed by atoms with Crippen LogP contribution in [-0.2, 0) is 0 Å². The van der Waals surface area contributed by atoms with Crippen LogP contribution in [0.3, 0.4) is 0 Å². The van der Waals surface area contributed by atoms with Crippen LogP contribution in [0.15, 0.2) is 30.9 Å². The van der Waals surface area contributed by atoms with Crippen LogP contribution >= 0.6 is 0 Å². The summed E-state index contributed by atoms with van der Waals surface area (Å²) in [5, 5.41) is 18.6. The quantitative estimate of drug-likeness (QED) is 0.488. The second kappa shape index (κ2) is 6.70. The lowest BCUT2D eigenvalue weighted by Crippen LogP contribution is -2.36. The third-order valence-electron chi connectivity index (χ3n) is 5.67. The van der Waals surface area contributed by atoms with Crippen LogP contribution in [0.5, 0.6) is 5.88 Å². The van der Waals surface area contributed by atoms with E-state index in [1.807, 2.05) is 31.5 Å². The molecule has 5 rings (SSSR count). The number of nitrogens with zero attached hydrogens (tertiary/aromatic N) is 5. The number of aromatic amines is 1. The third-order valence-corrected chi connectivity index (χ3v) is 5.67. The lowest BCUT2D eigenvalue weighted by Gasteiger charge is -2.33. The minimum absolute atomic E-state index is 0.238. The highest BCUT2D eigenvalue weighted by Gasteiger charge is 2.29. The van der Waals surface area contributed by atoms with E-state index in [2.05, 4.69) is 30.4 Å². The SMILES string of the molecule is COc1nc(N[C@H]2CC[C@@](C)(O)CC2)nc2[nH]cc(-c3ccc4ncnn4c3)c12. The first-order chi connectivity index (χ1) is 14.0. The Kier molecular flexibility index (Phi) is 4.13. The summed E-state index contributed by atoms with van der Waals surface area (Å²) < 4.78 is 7.33. The van der Waals surface area contributed by atoms with Crippen molar-refractivity contribution in [3.63, 3.8) is 0 Å². The van der Waals surface area contributed by atoms with Crippen LogP contribution in [0.25, 0.3) is 27.8 Å². The maximum atomic E-state index is 10.2. The summed E-state index contributed by atoms with van der Waals surface area (Å²) in [6, 6.07) is 4.15. The van der Waals surface area contributed by atoms with Gasteiger partial charge in [-0.25, -0.2) is 9.50 Å². The molecular weight excluding hydrogens is 370 g/mol. The van der Waals surface area contributed by atoms with Crippen molar-refractivity contribution in [3.8, 4) is 17.0 Å². The number of aliphatic hydroxyl groups is 1. The van der Waals surface area contributed by atoms with Crippen LogP contribution < -0.4 is 10.1 Å². The zero-order valence-corrected chi connectivity index (χ0v) is 16.4. The molecule has 4 aromatic heterocycles. The number of rotatable bonds is 4. The monoisotopic (exact) mass is 393 g/mol. The summed E-state index contributed by atoms with van der Waals surface area (Å²) in [5.41, 5.74) is 2.83. The van der Waals surface area contributed by atoms with Gasteiger partial charge in [0.25, 0.3) is 0 Å². The van der Waals surface area contributed by atoms with Crippen LogP contribution in [0, 0.1) is 0 Å². The van der Waals surface area contributed by atoms with Gasteiger partial charge in [-0.1, -0.05) is 0 Å². The minimum Gasteiger partial charge on any atom is -0.480 e. The van der Waals surface area contributed by atoms with Crippen molar-refractivity contribution in [2.75, 3.05) is 12.4 Å². The highest BCUT2D eigenvalue weighted by atomic mass is 16.5. The Morgan fingerprint density at radius 2 is 2.10 bits per heavy atom. The molecule has 4 aromatic rings. The average Bonchev–Trinajstić information content (AvgIpc) is 3.35. The van der Waals surface area contributed by atoms with Crippen molar-refractivity contribution in [2.45, 2.75) is 44.2 Å². The number of fused-ring (bicyclic) bond motifs is 2. The molecule has 0 saturated heterocycles. The number of methoxy groups -OCH3 is 1. The molecule has 9 heteroatoms. The fourth-order valence-corrected chi connectivity index (χ4v) is 3.98. The highest BCUT2D eigenvalue weighted by Crippen LogP contribution is 2.35. The molecule has 29 heavy (non-hydrogen) atoms. The predicted octanol–water partition coefficient (Wildman–Crippen LogP) is 2.78.